The molecule has 0 radical (unpaired) electrons. The SMILES string of the molecule is CCCCCCCCSc1ccc(Sc2ccc(O)cc2)cc1CCCCCCCC. The van der Waals surface area contributed by atoms with Crippen LogP contribution in [0, 0.1) is 0 Å². The van der Waals surface area contributed by atoms with Crippen LogP contribution in [0.5, 0.6) is 5.75 Å². The first kappa shape index (κ1) is 26.2. The molecule has 3 heteroatoms. The van der Waals surface area contributed by atoms with Crippen LogP contribution in [0.15, 0.2) is 57.2 Å². The molecule has 0 aliphatic heterocycles. The van der Waals surface area contributed by atoms with Crippen molar-refractivity contribution in [3.05, 3.63) is 48.0 Å². The topological polar surface area (TPSA) is 20.2 Å². The van der Waals surface area contributed by atoms with Gasteiger partial charge in [-0.25, -0.2) is 0 Å². The molecule has 0 unspecified atom stereocenters. The third-order valence-electron chi connectivity index (χ3n) is 5.66. The smallest absolute Gasteiger partial charge is 0.115 e. The lowest BCUT2D eigenvalue weighted by Crippen LogP contribution is -1.92. The van der Waals surface area contributed by atoms with Gasteiger partial charge in [0.25, 0.3) is 0 Å². The Bertz CT molecular complexity index is 711. The molecule has 2 rings (SSSR count). The van der Waals surface area contributed by atoms with E-state index in [1.807, 2.05) is 12.1 Å². The van der Waals surface area contributed by atoms with E-state index >= 15 is 0 Å². The van der Waals surface area contributed by atoms with Crippen molar-refractivity contribution < 1.29 is 5.11 Å². The molecule has 2 aromatic carbocycles. The fraction of sp³-hybridized carbons (Fsp3) is 0.571. The molecule has 0 fully saturated rings. The summed E-state index contributed by atoms with van der Waals surface area (Å²) in [4.78, 5) is 3.96. The van der Waals surface area contributed by atoms with Crippen LogP contribution >= 0.6 is 23.5 Å². The predicted molar refractivity (Wildman–Crippen MR) is 140 cm³/mol. The van der Waals surface area contributed by atoms with Gasteiger partial charge < -0.3 is 5.11 Å². The summed E-state index contributed by atoms with van der Waals surface area (Å²) in [5.74, 6) is 1.56. The van der Waals surface area contributed by atoms with E-state index in [-0.39, 0.29) is 0 Å². The third-order valence-corrected chi connectivity index (χ3v) is 7.86. The highest BCUT2D eigenvalue weighted by atomic mass is 32.2. The molecule has 2 aromatic rings. The van der Waals surface area contributed by atoms with Gasteiger partial charge in [0.2, 0.25) is 0 Å². The first-order valence-corrected chi connectivity index (χ1v) is 14.3. The minimum absolute atomic E-state index is 0.328. The Labute approximate surface area is 199 Å². The third kappa shape index (κ3) is 11.4. The highest BCUT2D eigenvalue weighted by Crippen LogP contribution is 2.34. The van der Waals surface area contributed by atoms with Gasteiger partial charge in [-0.3, -0.25) is 0 Å². The molecular weight excluding hydrogens is 416 g/mol. The van der Waals surface area contributed by atoms with E-state index in [0.29, 0.717) is 5.75 Å². The molecule has 0 bridgehead atoms. The van der Waals surface area contributed by atoms with Crippen LogP contribution in [0.3, 0.4) is 0 Å². The molecule has 0 aliphatic rings. The van der Waals surface area contributed by atoms with Crippen LogP contribution in [-0.4, -0.2) is 10.9 Å². The highest BCUT2D eigenvalue weighted by molar-refractivity contribution is 7.99. The van der Waals surface area contributed by atoms with Crippen LogP contribution < -0.4 is 0 Å². The van der Waals surface area contributed by atoms with Crippen molar-refractivity contribution in [2.45, 2.75) is 112 Å². The summed E-state index contributed by atoms with van der Waals surface area (Å²) >= 11 is 3.85. The standard InChI is InChI=1S/C28H42OS2/c1-3-5-7-9-11-13-15-24-23-27(31-26-18-16-25(29)17-19-26)20-21-28(24)30-22-14-12-10-8-6-4-2/h16-21,23,29H,3-15,22H2,1-2H3. The second-order valence-electron chi connectivity index (χ2n) is 8.50. The summed E-state index contributed by atoms with van der Waals surface area (Å²) in [7, 11) is 0. The molecule has 1 nitrogen and oxygen atoms in total. The summed E-state index contributed by atoms with van der Waals surface area (Å²) in [5, 5.41) is 9.53. The van der Waals surface area contributed by atoms with E-state index < -0.39 is 0 Å². The minimum atomic E-state index is 0.328. The van der Waals surface area contributed by atoms with Gasteiger partial charge in [-0.15, -0.1) is 11.8 Å². The van der Waals surface area contributed by atoms with Crippen molar-refractivity contribution in [2.75, 3.05) is 5.75 Å². The molecule has 1 N–H and O–H groups in total. The Hall–Kier alpha value is -1.06. The normalized spacial score (nSPS) is 11.2. The second kappa shape index (κ2) is 16.6. The zero-order chi connectivity index (χ0) is 22.2. The molecule has 0 amide bonds. The van der Waals surface area contributed by atoms with Crippen LogP contribution in [-0.2, 0) is 6.42 Å². The van der Waals surface area contributed by atoms with Gasteiger partial charge in [0, 0.05) is 14.7 Å². The monoisotopic (exact) mass is 458 g/mol. The molecule has 0 saturated heterocycles. The Balaban J connectivity index is 1.91. The average Bonchev–Trinajstić information content (AvgIpc) is 2.78. The largest absolute Gasteiger partial charge is 0.508 e. The summed E-state index contributed by atoms with van der Waals surface area (Å²) in [6.07, 6.45) is 17.5. The van der Waals surface area contributed by atoms with Crippen LogP contribution in [0.1, 0.15) is 96.5 Å². The van der Waals surface area contributed by atoms with Crippen LogP contribution in [0.2, 0.25) is 0 Å². The van der Waals surface area contributed by atoms with Gasteiger partial charge in [-0.2, -0.15) is 0 Å². The highest BCUT2D eigenvalue weighted by Gasteiger charge is 2.07. The lowest BCUT2D eigenvalue weighted by atomic mass is 10.0. The molecule has 0 heterocycles. The van der Waals surface area contributed by atoms with Crippen molar-refractivity contribution in [2.24, 2.45) is 0 Å². The predicted octanol–water partition coefficient (Wildman–Crippen LogP) is 9.90. The number of hydrogen-bond acceptors (Lipinski definition) is 3. The number of unbranched alkanes of at least 4 members (excludes halogenated alkanes) is 10. The molecular formula is C28H42OS2. The van der Waals surface area contributed by atoms with Crippen LogP contribution in [0.25, 0.3) is 0 Å². The quantitative estimate of drug-likeness (QED) is 0.188. The molecule has 31 heavy (non-hydrogen) atoms. The summed E-state index contributed by atoms with van der Waals surface area (Å²) < 4.78 is 0. The fourth-order valence-electron chi connectivity index (χ4n) is 3.77. The first-order valence-electron chi connectivity index (χ1n) is 12.5. The van der Waals surface area contributed by atoms with Gasteiger partial charge in [0.1, 0.15) is 5.75 Å². The number of phenolic OH excluding ortho intramolecular Hbond substituents is 1. The van der Waals surface area contributed by atoms with Crippen molar-refractivity contribution in [1.29, 1.82) is 0 Å². The first-order chi connectivity index (χ1) is 15.2. The summed E-state index contributed by atoms with van der Waals surface area (Å²) in [6, 6.07) is 14.5. The van der Waals surface area contributed by atoms with Gasteiger partial charge in [0.05, 0.1) is 0 Å². The van der Waals surface area contributed by atoms with Gasteiger partial charge in [-0.05, 0) is 73.0 Å². The Morgan fingerprint density at radius 3 is 1.90 bits per heavy atom. The minimum Gasteiger partial charge on any atom is -0.508 e. The Morgan fingerprint density at radius 2 is 1.23 bits per heavy atom. The van der Waals surface area contributed by atoms with E-state index in [2.05, 4.69) is 43.8 Å². The van der Waals surface area contributed by atoms with Crippen molar-refractivity contribution in [3.8, 4) is 5.75 Å². The van der Waals surface area contributed by atoms with Crippen LogP contribution in [0.4, 0.5) is 0 Å². The number of phenols is 1. The molecule has 0 atom stereocenters. The lowest BCUT2D eigenvalue weighted by molar-refractivity contribution is 0.475. The number of hydrogen-bond donors (Lipinski definition) is 1. The number of benzene rings is 2. The van der Waals surface area contributed by atoms with Gasteiger partial charge in [-0.1, -0.05) is 89.8 Å². The zero-order valence-electron chi connectivity index (χ0n) is 19.7. The van der Waals surface area contributed by atoms with E-state index in [9.17, 15) is 5.11 Å². The molecule has 0 spiro atoms. The lowest BCUT2D eigenvalue weighted by Gasteiger charge is -2.12. The fourth-order valence-corrected chi connectivity index (χ4v) is 5.73. The number of rotatable bonds is 17. The van der Waals surface area contributed by atoms with Crippen molar-refractivity contribution in [3.63, 3.8) is 0 Å². The van der Waals surface area contributed by atoms with Crippen molar-refractivity contribution in [1.82, 2.24) is 0 Å². The number of thioether (sulfide) groups is 1. The molecule has 0 aromatic heterocycles. The van der Waals surface area contributed by atoms with E-state index in [1.54, 1.807) is 23.9 Å². The maximum atomic E-state index is 9.53. The Kier molecular flexibility index (Phi) is 14.0. The summed E-state index contributed by atoms with van der Waals surface area (Å²) in [6.45, 7) is 4.56. The molecule has 172 valence electrons. The Morgan fingerprint density at radius 1 is 0.645 bits per heavy atom. The van der Waals surface area contributed by atoms with E-state index in [1.165, 1.54) is 109 Å². The van der Waals surface area contributed by atoms with Gasteiger partial charge in [0.15, 0.2) is 0 Å². The van der Waals surface area contributed by atoms with E-state index in [0.717, 1.165) is 0 Å². The number of aromatic hydroxyl groups is 1. The van der Waals surface area contributed by atoms with Crippen molar-refractivity contribution >= 4 is 23.5 Å². The van der Waals surface area contributed by atoms with E-state index in [4.69, 9.17) is 0 Å². The summed E-state index contributed by atoms with van der Waals surface area (Å²) in [5.41, 5.74) is 1.52. The maximum Gasteiger partial charge on any atom is 0.115 e. The maximum absolute atomic E-state index is 9.53. The van der Waals surface area contributed by atoms with Gasteiger partial charge >= 0.3 is 0 Å². The molecule has 0 saturated carbocycles. The second-order valence-corrected chi connectivity index (χ2v) is 10.8. The average molecular weight is 459 g/mol. The molecule has 0 aliphatic carbocycles. The number of aryl methyl sites for hydroxylation is 1. The zero-order valence-corrected chi connectivity index (χ0v) is 21.3.